The molecule has 4 nitrogen and oxygen atoms in total. The van der Waals surface area contributed by atoms with Crippen LogP contribution in [0.4, 0.5) is 0 Å². The van der Waals surface area contributed by atoms with E-state index in [1.165, 1.54) is 38.5 Å². The summed E-state index contributed by atoms with van der Waals surface area (Å²) in [5, 5.41) is 0. The number of carbonyl (C=O) groups excluding carboxylic acids is 2. The molecular weight excluding hydrogens is 276 g/mol. The molecule has 0 unspecified atom stereocenters. The van der Waals surface area contributed by atoms with Gasteiger partial charge in [0.2, 0.25) is 11.8 Å². The normalized spacial score (nSPS) is 17.8. The molecule has 1 rings (SSSR count). The molecule has 1 aliphatic carbocycles. The first kappa shape index (κ1) is 19.0. The van der Waals surface area contributed by atoms with Gasteiger partial charge in [-0.05, 0) is 25.7 Å². The quantitative estimate of drug-likeness (QED) is 0.449. The fourth-order valence-electron chi connectivity index (χ4n) is 3.67. The van der Waals surface area contributed by atoms with Crippen molar-refractivity contribution < 1.29 is 9.59 Å². The first-order chi connectivity index (χ1) is 10.6. The smallest absolute Gasteiger partial charge is 0.223 e. The minimum Gasteiger partial charge on any atom is -0.370 e. The highest BCUT2D eigenvalue weighted by atomic mass is 16.1. The van der Waals surface area contributed by atoms with Crippen molar-refractivity contribution >= 4 is 11.8 Å². The Morgan fingerprint density at radius 2 is 1.23 bits per heavy atom. The zero-order valence-electron chi connectivity index (χ0n) is 14.1. The zero-order chi connectivity index (χ0) is 16.3. The van der Waals surface area contributed by atoms with Crippen LogP contribution in [0.3, 0.4) is 0 Å². The highest BCUT2D eigenvalue weighted by Gasteiger charge is 2.35. The number of carbonyl (C=O) groups is 2. The molecule has 0 aromatic carbocycles. The summed E-state index contributed by atoms with van der Waals surface area (Å²) in [5.74, 6) is -0.263. The maximum atomic E-state index is 11.9. The molecule has 0 aliphatic heterocycles. The first-order valence-electron chi connectivity index (χ1n) is 9.15. The second kappa shape index (κ2) is 10.6. The topological polar surface area (TPSA) is 86.2 Å². The second-order valence-electron chi connectivity index (χ2n) is 7.00. The zero-order valence-corrected chi connectivity index (χ0v) is 14.1. The van der Waals surface area contributed by atoms with Crippen LogP contribution in [0.25, 0.3) is 0 Å². The highest BCUT2D eigenvalue weighted by molar-refractivity contribution is 5.80. The Balaban J connectivity index is 2.11. The van der Waals surface area contributed by atoms with Gasteiger partial charge < -0.3 is 11.5 Å². The Morgan fingerprint density at radius 1 is 0.727 bits per heavy atom. The summed E-state index contributed by atoms with van der Waals surface area (Å²) in [6, 6.07) is 0. The van der Waals surface area contributed by atoms with Gasteiger partial charge in [0.1, 0.15) is 0 Å². The molecule has 4 heteroatoms. The lowest BCUT2D eigenvalue weighted by Gasteiger charge is -2.29. The van der Waals surface area contributed by atoms with Gasteiger partial charge in [0, 0.05) is 11.8 Å². The summed E-state index contributed by atoms with van der Waals surface area (Å²) in [4.78, 5) is 22.5. The molecule has 2 amide bonds. The number of rotatable bonds is 11. The molecule has 0 aromatic rings. The summed E-state index contributed by atoms with van der Waals surface area (Å²) >= 11 is 0. The van der Waals surface area contributed by atoms with Crippen LogP contribution in [-0.2, 0) is 9.59 Å². The van der Waals surface area contributed by atoms with Crippen molar-refractivity contribution in [2.75, 3.05) is 0 Å². The number of hydrogen-bond donors (Lipinski definition) is 2. The maximum absolute atomic E-state index is 11.9. The van der Waals surface area contributed by atoms with Gasteiger partial charge in [-0.1, -0.05) is 64.2 Å². The average Bonchev–Trinajstić information content (AvgIpc) is 2.72. The average molecular weight is 310 g/mol. The van der Waals surface area contributed by atoms with Gasteiger partial charge in [0.05, 0.1) is 0 Å². The number of unbranched alkanes of at least 4 members (excludes halogenated alkanes) is 6. The fourth-order valence-corrected chi connectivity index (χ4v) is 3.67. The summed E-state index contributed by atoms with van der Waals surface area (Å²) in [6.45, 7) is 0. The SMILES string of the molecule is NC(=O)CCCCCCCCCC1(C(N)=O)CCCCCC1. The Kier molecular flexibility index (Phi) is 9.17. The highest BCUT2D eigenvalue weighted by Crippen LogP contribution is 2.39. The third-order valence-corrected chi connectivity index (χ3v) is 5.16. The molecule has 0 aromatic heterocycles. The molecule has 0 atom stereocenters. The van der Waals surface area contributed by atoms with E-state index in [-0.39, 0.29) is 17.2 Å². The van der Waals surface area contributed by atoms with E-state index in [0.717, 1.165) is 51.4 Å². The molecule has 1 aliphatic rings. The van der Waals surface area contributed by atoms with Crippen molar-refractivity contribution in [3.05, 3.63) is 0 Å². The Labute approximate surface area is 135 Å². The molecule has 1 fully saturated rings. The number of nitrogens with two attached hydrogens (primary N) is 2. The number of hydrogen-bond acceptors (Lipinski definition) is 2. The number of primary amides is 2. The molecule has 0 bridgehead atoms. The van der Waals surface area contributed by atoms with E-state index in [0.29, 0.717) is 6.42 Å². The van der Waals surface area contributed by atoms with E-state index in [1.807, 2.05) is 0 Å². The molecular formula is C18H34N2O2. The Hall–Kier alpha value is -1.06. The van der Waals surface area contributed by atoms with E-state index >= 15 is 0 Å². The molecule has 1 saturated carbocycles. The van der Waals surface area contributed by atoms with Gasteiger partial charge in [-0.3, -0.25) is 9.59 Å². The summed E-state index contributed by atoms with van der Waals surface area (Å²) in [5.41, 5.74) is 10.6. The van der Waals surface area contributed by atoms with Gasteiger partial charge in [-0.15, -0.1) is 0 Å². The molecule has 4 N–H and O–H groups in total. The summed E-state index contributed by atoms with van der Waals surface area (Å²) in [7, 11) is 0. The molecule has 0 radical (unpaired) electrons. The van der Waals surface area contributed by atoms with Crippen molar-refractivity contribution in [1.29, 1.82) is 0 Å². The standard InChI is InChI=1S/C18H34N2O2/c19-16(21)12-8-4-2-1-3-5-9-13-18(17(20)22)14-10-6-7-11-15-18/h1-15H2,(H2,19,21)(H2,20,22). The van der Waals surface area contributed by atoms with E-state index < -0.39 is 0 Å². The van der Waals surface area contributed by atoms with Crippen molar-refractivity contribution in [2.24, 2.45) is 16.9 Å². The van der Waals surface area contributed by atoms with Crippen molar-refractivity contribution in [1.82, 2.24) is 0 Å². The van der Waals surface area contributed by atoms with Crippen molar-refractivity contribution in [3.8, 4) is 0 Å². The van der Waals surface area contributed by atoms with Crippen LogP contribution < -0.4 is 11.5 Å². The molecule has 0 heterocycles. The van der Waals surface area contributed by atoms with Crippen LogP contribution in [0.2, 0.25) is 0 Å². The van der Waals surface area contributed by atoms with Crippen LogP contribution in [0.5, 0.6) is 0 Å². The van der Waals surface area contributed by atoms with Crippen molar-refractivity contribution in [3.63, 3.8) is 0 Å². The fraction of sp³-hybridized carbons (Fsp3) is 0.889. The molecule has 128 valence electrons. The molecule has 22 heavy (non-hydrogen) atoms. The van der Waals surface area contributed by atoms with Crippen LogP contribution in [0.15, 0.2) is 0 Å². The van der Waals surface area contributed by atoms with E-state index in [9.17, 15) is 9.59 Å². The summed E-state index contributed by atoms with van der Waals surface area (Å²) < 4.78 is 0. The first-order valence-corrected chi connectivity index (χ1v) is 9.15. The Morgan fingerprint density at radius 3 is 1.73 bits per heavy atom. The maximum Gasteiger partial charge on any atom is 0.223 e. The minimum absolute atomic E-state index is 0.0687. The summed E-state index contributed by atoms with van der Waals surface area (Å²) in [6.07, 6.45) is 16.2. The van der Waals surface area contributed by atoms with Gasteiger partial charge in [-0.2, -0.15) is 0 Å². The van der Waals surface area contributed by atoms with Gasteiger partial charge in [-0.25, -0.2) is 0 Å². The Bertz CT molecular complexity index is 334. The lowest BCUT2D eigenvalue weighted by atomic mass is 9.75. The lowest BCUT2D eigenvalue weighted by Crippen LogP contribution is -2.36. The van der Waals surface area contributed by atoms with E-state index in [2.05, 4.69) is 0 Å². The van der Waals surface area contributed by atoms with Crippen LogP contribution in [0.1, 0.15) is 96.3 Å². The molecule has 0 saturated heterocycles. The largest absolute Gasteiger partial charge is 0.370 e. The lowest BCUT2D eigenvalue weighted by molar-refractivity contribution is -0.129. The monoisotopic (exact) mass is 310 g/mol. The van der Waals surface area contributed by atoms with Gasteiger partial charge >= 0.3 is 0 Å². The van der Waals surface area contributed by atoms with Crippen molar-refractivity contribution in [2.45, 2.75) is 96.3 Å². The van der Waals surface area contributed by atoms with E-state index in [4.69, 9.17) is 11.5 Å². The minimum atomic E-state index is -0.210. The van der Waals surface area contributed by atoms with Crippen LogP contribution in [-0.4, -0.2) is 11.8 Å². The predicted molar refractivity (Wildman–Crippen MR) is 90.1 cm³/mol. The van der Waals surface area contributed by atoms with Crippen LogP contribution >= 0.6 is 0 Å². The van der Waals surface area contributed by atoms with Gasteiger partial charge in [0.15, 0.2) is 0 Å². The van der Waals surface area contributed by atoms with Crippen LogP contribution in [0, 0.1) is 5.41 Å². The number of amides is 2. The third-order valence-electron chi connectivity index (χ3n) is 5.16. The second-order valence-corrected chi connectivity index (χ2v) is 7.00. The third kappa shape index (κ3) is 7.28. The predicted octanol–water partition coefficient (Wildman–Crippen LogP) is 3.81. The molecule has 0 spiro atoms. The van der Waals surface area contributed by atoms with Gasteiger partial charge in [0.25, 0.3) is 0 Å². The van der Waals surface area contributed by atoms with E-state index in [1.54, 1.807) is 0 Å².